The number of carbonyl (C=O) groups excluding carboxylic acids is 2. The minimum absolute atomic E-state index is 0.0724. The summed E-state index contributed by atoms with van der Waals surface area (Å²) in [5, 5.41) is 0. The number of Topliss-reactive ketones (excluding diaryl/α,β-unsaturated/α-hetero) is 1. The van der Waals surface area contributed by atoms with E-state index >= 15 is 0 Å². The zero-order valence-corrected chi connectivity index (χ0v) is 20.7. The number of hydrogen-bond acceptors (Lipinski definition) is 5. The number of esters is 1. The Hall–Kier alpha value is -1.95. The van der Waals surface area contributed by atoms with E-state index in [4.69, 9.17) is 14.5 Å². The summed E-state index contributed by atoms with van der Waals surface area (Å²) in [5.74, 6) is -0.543. The van der Waals surface area contributed by atoms with Crippen molar-refractivity contribution < 1.29 is 19.1 Å². The van der Waals surface area contributed by atoms with Crippen molar-refractivity contribution in [2.24, 2.45) is 16.3 Å². The predicted octanol–water partition coefficient (Wildman–Crippen LogP) is 6.01. The van der Waals surface area contributed by atoms with Gasteiger partial charge in [0.05, 0.1) is 18.2 Å². The first kappa shape index (κ1) is 23.7. The van der Waals surface area contributed by atoms with Crippen molar-refractivity contribution in [3.63, 3.8) is 0 Å². The molecule has 2 atom stereocenters. The summed E-state index contributed by atoms with van der Waals surface area (Å²) >= 11 is 3.55. The molecule has 3 rings (SSSR count). The third-order valence-corrected chi connectivity index (χ3v) is 6.70. The summed E-state index contributed by atoms with van der Waals surface area (Å²) in [5.41, 5.74) is 2.93. The second-order valence-electron chi connectivity index (χ2n) is 9.28. The van der Waals surface area contributed by atoms with E-state index < -0.39 is 11.8 Å². The Morgan fingerprint density at radius 3 is 2.65 bits per heavy atom. The molecule has 1 unspecified atom stereocenters. The summed E-state index contributed by atoms with van der Waals surface area (Å²) in [4.78, 5) is 31.3. The number of carbonyl (C=O) groups is 2. The van der Waals surface area contributed by atoms with E-state index in [1.807, 2.05) is 25.1 Å². The van der Waals surface area contributed by atoms with Crippen LogP contribution in [-0.4, -0.2) is 31.2 Å². The first-order valence-electron chi connectivity index (χ1n) is 11.0. The van der Waals surface area contributed by atoms with Crippen LogP contribution in [0.2, 0.25) is 0 Å². The van der Waals surface area contributed by atoms with E-state index in [0.717, 1.165) is 41.4 Å². The van der Waals surface area contributed by atoms with Crippen LogP contribution in [0.25, 0.3) is 0 Å². The number of rotatable bonds is 7. The van der Waals surface area contributed by atoms with Crippen LogP contribution in [0.1, 0.15) is 71.3 Å². The van der Waals surface area contributed by atoms with Gasteiger partial charge < -0.3 is 9.47 Å². The van der Waals surface area contributed by atoms with Crippen LogP contribution in [0.5, 0.6) is 5.75 Å². The van der Waals surface area contributed by atoms with Crippen molar-refractivity contribution in [2.45, 2.75) is 65.7 Å². The molecule has 5 nitrogen and oxygen atoms in total. The molecule has 2 aliphatic rings. The molecule has 0 saturated carbocycles. The normalized spacial score (nSPS) is 22.6. The number of aliphatic imine (C=N–C) groups is 1. The quantitative estimate of drug-likeness (QED) is 0.347. The van der Waals surface area contributed by atoms with Gasteiger partial charge in [-0.15, -0.1) is 0 Å². The molecule has 1 heterocycles. The van der Waals surface area contributed by atoms with Crippen molar-refractivity contribution in [1.29, 1.82) is 0 Å². The van der Waals surface area contributed by atoms with Crippen LogP contribution in [0.4, 0.5) is 0 Å². The number of halogens is 1. The maximum atomic E-state index is 13.3. The molecule has 0 amide bonds. The molecule has 1 aromatic rings. The smallest absolute Gasteiger partial charge is 0.315 e. The number of benzene rings is 1. The number of ether oxygens (including phenoxy) is 2. The molecule has 1 aliphatic carbocycles. The van der Waals surface area contributed by atoms with Gasteiger partial charge in [-0.2, -0.15) is 0 Å². The third-order valence-electron chi connectivity index (χ3n) is 6.08. The monoisotopic (exact) mass is 489 g/mol. The Balaban J connectivity index is 2.05. The van der Waals surface area contributed by atoms with Gasteiger partial charge in [0.15, 0.2) is 5.78 Å². The van der Waals surface area contributed by atoms with Crippen LogP contribution in [0.15, 0.2) is 38.9 Å². The molecular formula is C25H32BrNO4. The molecular weight excluding hydrogens is 458 g/mol. The third kappa shape index (κ3) is 5.11. The highest BCUT2D eigenvalue weighted by molar-refractivity contribution is 9.10. The molecule has 0 fully saturated rings. The fourth-order valence-electron chi connectivity index (χ4n) is 4.60. The Morgan fingerprint density at radius 1 is 1.26 bits per heavy atom. The minimum atomic E-state index is -0.606. The van der Waals surface area contributed by atoms with Crippen LogP contribution >= 0.6 is 15.9 Å². The van der Waals surface area contributed by atoms with Crippen molar-refractivity contribution in [3.8, 4) is 5.75 Å². The Morgan fingerprint density at radius 2 is 2.00 bits per heavy atom. The predicted molar refractivity (Wildman–Crippen MR) is 126 cm³/mol. The highest BCUT2D eigenvalue weighted by Crippen LogP contribution is 2.48. The Labute approximate surface area is 193 Å². The summed E-state index contributed by atoms with van der Waals surface area (Å²) in [6.07, 6.45) is 4.09. The van der Waals surface area contributed by atoms with E-state index in [9.17, 15) is 9.59 Å². The SMILES string of the molecule is CCCCCOC(=O)C1C(C)=NC2=C(C(=O)CC(C)(C)C2)[C@H]1c1ccc(OC)c(Br)c1. The van der Waals surface area contributed by atoms with E-state index in [2.05, 4.69) is 36.7 Å². The molecule has 1 aromatic carbocycles. The van der Waals surface area contributed by atoms with Gasteiger partial charge in [0.1, 0.15) is 11.7 Å². The van der Waals surface area contributed by atoms with E-state index in [1.165, 1.54) is 0 Å². The first-order chi connectivity index (χ1) is 14.7. The van der Waals surface area contributed by atoms with Crippen molar-refractivity contribution >= 4 is 33.4 Å². The average Bonchev–Trinajstić information content (AvgIpc) is 2.69. The molecule has 6 heteroatoms. The molecule has 0 bridgehead atoms. The second kappa shape index (κ2) is 9.68. The Bertz CT molecular complexity index is 931. The highest BCUT2D eigenvalue weighted by atomic mass is 79.9. The fourth-order valence-corrected chi connectivity index (χ4v) is 5.16. The molecule has 0 N–H and O–H groups in total. The number of allylic oxidation sites excluding steroid dienone is 2. The van der Waals surface area contributed by atoms with E-state index in [1.54, 1.807) is 7.11 Å². The number of hydrogen-bond donors (Lipinski definition) is 0. The number of unbranched alkanes of at least 4 members (excludes halogenated alkanes) is 2. The summed E-state index contributed by atoms with van der Waals surface area (Å²) in [6, 6.07) is 5.74. The van der Waals surface area contributed by atoms with Crippen LogP contribution in [0, 0.1) is 11.3 Å². The highest BCUT2D eigenvalue weighted by Gasteiger charge is 2.46. The van der Waals surface area contributed by atoms with E-state index in [0.29, 0.717) is 30.1 Å². The molecule has 0 radical (unpaired) electrons. The van der Waals surface area contributed by atoms with Gasteiger partial charge in [-0.25, -0.2) is 0 Å². The zero-order chi connectivity index (χ0) is 22.8. The van der Waals surface area contributed by atoms with Gasteiger partial charge in [-0.05, 0) is 58.8 Å². The lowest BCUT2D eigenvalue weighted by Crippen LogP contribution is -2.39. The maximum Gasteiger partial charge on any atom is 0.315 e. The minimum Gasteiger partial charge on any atom is -0.496 e. The van der Waals surface area contributed by atoms with Crippen molar-refractivity contribution in [3.05, 3.63) is 39.5 Å². The van der Waals surface area contributed by atoms with Gasteiger partial charge >= 0.3 is 5.97 Å². The number of nitrogens with zero attached hydrogens (tertiary/aromatic N) is 1. The topological polar surface area (TPSA) is 65.0 Å². The molecule has 1 aliphatic heterocycles. The maximum absolute atomic E-state index is 13.3. The second-order valence-corrected chi connectivity index (χ2v) is 10.1. The molecule has 0 aromatic heterocycles. The first-order valence-corrected chi connectivity index (χ1v) is 11.8. The lowest BCUT2D eigenvalue weighted by atomic mass is 9.67. The summed E-state index contributed by atoms with van der Waals surface area (Å²) < 4.78 is 11.8. The van der Waals surface area contributed by atoms with E-state index in [-0.39, 0.29) is 17.2 Å². The average molecular weight is 490 g/mol. The lowest BCUT2D eigenvalue weighted by molar-refractivity contribution is -0.146. The largest absolute Gasteiger partial charge is 0.496 e. The van der Waals surface area contributed by atoms with Gasteiger partial charge in [-0.3, -0.25) is 14.6 Å². The van der Waals surface area contributed by atoms with Gasteiger partial charge in [0, 0.05) is 29.3 Å². The standard InChI is InChI=1S/C25H32BrNO4/c1-6-7-8-11-31-24(29)21-15(2)27-18-13-25(3,4)14-19(28)23(18)22(21)16-9-10-20(30-5)17(26)12-16/h9-10,12,21-22H,6-8,11,13-14H2,1-5H3/t21?,22-/m0/s1. The van der Waals surface area contributed by atoms with Gasteiger partial charge in [-0.1, -0.05) is 39.7 Å². The number of methoxy groups -OCH3 is 1. The molecule has 168 valence electrons. The van der Waals surface area contributed by atoms with Crippen molar-refractivity contribution in [2.75, 3.05) is 13.7 Å². The lowest BCUT2D eigenvalue weighted by Gasteiger charge is -2.39. The molecule has 0 spiro atoms. The number of ketones is 1. The Kier molecular flexibility index (Phi) is 7.40. The van der Waals surface area contributed by atoms with Crippen LogP contribution in [-0.2, 0) is 14.3 Å². The molecule has 0 saturated heterocycles. The van der Waals surface area contributed by atoms with Crippen molar-refractivity contribution in [1.82, 2.24) is 0 Å². The van der Waals surface area contributed by atoms with Crippen LogP contribution < -0.4 is 4.74 Å². The summed E-state index contributed by atoms with van der Waals surface area (Å²) in [7, 11) is 1.61. The van der Waals surface area contributed by atoms with Gasteiger partial charge in [0.2, 0.25) is 0 Å². The van der Waals surface area contributed by atoms with Crippen LogP contribution in [0.3, 0.4) is 0 Å². The zero-order valence-electron chi connectivity index (χ0n) is 19.1. The fraction of sp³-hybridized carbons (Fsp3) is 0.560. The summed E-state index contributed by atoms with van der Waals surface area (Å²) in [6.45, 7) is 8.56. The molecule has 31 heavy (non-hydrogen) atoms. The van der Waals surface area contributed by atoms with Gasteiger partial charge in [0.25, 0.3) is 0 Å².